The van der Waals surface area contributed by atoms with Gasteiger partial charge in [-0.15, -0.1) is 0 Å². The molecule has 0 saturated carbocycles. The van der Waals surface area contributed by atoms with Gasteiger partial charge in [-0.1, -0.05) is 29.5 Å². The highest BCUT2D eigenvalue weighted by Gasteiger charge is 2.26. The highest BCUT2D eigenvalue weighted by atomic mass is 32.1. The minimum absolute atomic E-state index is 0.164. The third kappa shape index (κ3) is 4.52. The zero-order chi connectivity index (χ0) is 22.8. The number of hydrogen-bond acceptors (Lipinski definition) is 6. The van der Waals surface area contributed by atoms with Gasteiger partial charge in [0.05, 0.1) is 46.6 Å². The Bertz CT molecular complexity index is 1270. The molecule has 1 aliphatic rings. The molecule has 1 saturated heterocycles. The normalized spacial score (nSPS) is 14.6. The third-order valence-electron chi connectivity index (χ3n) is 5.80. The summed E-state index contributed by atoms with van der Waals surface area (Å²) in [5.41, 5.74) is 2.85. The topological polar surface area (TPSA) is 63.5 Å². The van der Waals surface area contributed by atoms with Crippen LogP contribution >= 0.6 is 11.3 Å². The molecule has 1 aliphatic heterocycles. The number of rotatable bonds is 6. The average Bonchev–Trinajstić information content (AvgIpc) is 3.43. The molecule has 0 atom stereocenters. The number of hydrogen-bond donors (Lipinski definition) is 0. The van der Waals surface area contributed by atoms with Crippen molar-refractivity contribution in [3.05, 3.63) is 71.8 Å². The Labute approximate surface area is 195 Å². The molecule has 33 heavy (non-hydrogen) atoms. The molecule has 4 aromatic rings. The van der Waals surface area contributed by atoms with Crippen LogP contribution in [0.5, 0.6) is 0 Å². The van der Waals surface area contributed by atoms with Crippen molar-refractivity contribution in [3.63, 3.8) is 0 Å². The highest BCUT2D eigenvalue weighted by molar-refractivity contribution is 7.22. The molecular formula is C24H24FN5O2S. The van der Waals surface area contributed by atoms with Crippen LogP contribution in [0.15, 0.2) is 54.7 Å². The molecule has 5 rings (SSSR count). The zero-order valence-corrected chi connectivity index (χ0v) is 19.1. The number of amides is 1. The first-order valence-corrected chi connectivity index (χ1v) is 11.7. The van der Waals surface area contributed by atoms with Crippen LogP contribution in [0.2, 0.25) is 0 Å². The van der Waals surface area contributed by atoms with E-state index in [0.717, 1.165) is 24.5 Å². The van der Waals surface area contributed by atoms with Gasteiger partial charge in [-0.2, -0.15) is 5.10 Å². The van der Waals surface area contributed by atoms with Gasteiger partial charge < -0.3 is 4.74 Å². The van der Waals surface area contributed by atoms with E-state index in [9.17, 15) is 9.18 Å². The van der Waals surface area contributed by atoms with Gasteiger partial charge >= 0.3 is 0 Å². The number of para-hydroxylation sites is 1. The lowest BCUT2D eigenvalue weighted by atomic mass is 10.2. The number of nitrogens with zero attached hydrogens (tertiary/aromatic N) is 5. The fourth-order valence-corrected chi connectivity index (χ4v) is 4.96. The molecule has 9 heteroatoms. The fraction of sp³-hybridized carbons (Fsp3) is 0.292. The summed E-state index contributed by atoms with van der Waals surface area (Å²) in [6.07, 6.45) is 1.61. The van der Waals surface area contributed by atoms with Gasteiger partial charge in [-0.05, 0) is 37.3 Å². The van der Waals surface area contributed by atoms with Gasteiger partial charge in [0.2, 0.25) is 0 Å². The number of carbonyl (C=O) groups is 1. The number of ether oxygens (including phenoxy) is 1. The third-order valence-corrected chi connectivity index (χ3v) is 6.84. The minimum Gasteiger partial charge on any atom is -0.379 e. The number of aromatic nitrogens is 3. The number of anilines is 1. The Morgan fingerprint density at radius 1 is 1.18 bits per heavy atom. The lowest BCUT2D eigenvalue weighted by Crippen LogP contribution is -2.43. The first-order valence-electron chi connectivity index (χ1n) is 10.9. The maximum atomic E-state index is 13.7. The Balaban J connectivity index is 1.47. The first kappa shape index (κ1) is 21.7. The molecule has 0 spiro atoms. The molecule has 1 amide bonds. The van der Waals surface area contributed by atoms with E-state index in [1.807, 2.05) is 37.3 Å². The van der Waals surface area contributed by atoms with Crippen LogP contribution in [-0.2, 0) is 4.74 Å². The minimum atomic E-state index is -0.316. The molecule has 2 aromatic heterocycles. The fourth-order valence-electron chi connectivity index (χ4n) is 3.95. The lowest BCUT2D eigenvalue weighted by molar-refractivity contribution is 0.0391. The van der Waals surface area contributed by atoms with Crippen molar-refractivity contribution in [1.29, 1.82) is 0 Å². The number of benzene rings is 2. The predicted octanol–water partition coefficient (Wildman–Crippen LogP) is 3.91. The summed E-state index contributed by atoms with van der Waals surface area (Å²) in [4.78, 5) is 22.4. The van der Waals surface area contributed by atoms with E-state index in [4.69, 9.17) is 4.74 Å². The second-order valence-corrected chi connectivity index (χ2v) is 8.92. The smallest absolute Gasteiger partial charge is 0.263 e. The second-order valence-electron chi connectivity index (χ2n) is 7.91. The summed E-state index contributed by atoms with van der Waals surface area (Å²) in [5, 5.41) is 5.02. The van der Waals surface area contributed by atoms with E-state index in [1.165, 1.54) is 23.5 Å². The lowest BCUT2D eigenvalue weighted by Gasteiger charge is -2.29. The van der Waals surface area contributed by atoms with E-state index >= 15 is 0 Å². The van der Waals surface area contributed by atoms with Gasteiger partial charge in [0.15, 0.2) is 5.13 Å². The van der Waals surface area contributed by atoms with E-state index < -0.39 is 0 Å². The van der Waals surface area contributed by atoms with Crippen LogP contribution in [0.4, 0.5) is 9.52 Å². The van der Waals surface area contributed by atoms with Crippen molar-refractivity contribution >= 4 is 32.6 Å². The highest BCUT2D eigenvalue weighted by Crippen LogP contribution is 2.31. The quantitative estimate of drug-likeness (QED) is 0.432. The van der Waals surface area contributed by atoms with Crippen molar-refractivity contribution in [1.82, 2.24) is 19.7 Å². The van der Waals surface area contributed by atoms with E-state index in [-0.39, 0.29) is 11.7 Å². The molecule has 2 aromatic carbocycles. The number of morpholine rings is 1. The summed E-state index contributed by atoms with van der Waals surface area (Å²) >= 11 is 1.32. The SMILES string of the molecule is Cc1c(C(=O)N(CCN2CCOCC2)c2nc3ccc(F)cc3s2)cnn1-c1ccccc1. The Morgan fingerprint density at radius 2 is 1.97 bits per heavy atom. The second kappa shape index (κ2) is 9.38. The van der Waals surface area contributed by atoms with Crippen molar-refractivity contribution in [2.45, 2.75) is 6.92 Å². The van der Waals surface area contributed by atoms with Crippen LogP contribution in [-0.4, -0.2) is 65.0 Å². The summed E-state index contributed by atoms with van der Waals surface area (Å²) < 4.78 is 21.7. The Kier molecular flexibility index (Phi) is 6.17. The van der Waals surface area contributed by atoms with Gasteiger partial charge in [0, 0.05) is 26.2 Å². The van der Waals surface area contributed by atoms with Crippen LogP contribution in [0.1, 0.15) is 16.1 Å². The Hall–Kier alpha value is -3.14. The molecule has 0 radical (unpaired) electrons. The van der Waals surface area contributed by atoms with Crippen LogP contribution in [0, 0.1) is 12.7 Å². The number of thiazole rings is 1. The van der Waals surface area contributed by atoms with Crippen molar-refractivity contribution in [3.8, 4) is 5.69 Å². The molecule has 0 N–H and O–H groups in total. The van der Waals surface area contributed by atoms with Crippen molar-refractivity contribution in [2.75, 3.05) is 44.3 Å². The predicted molar refractivity (Wildman–Crippen MR) is 127 cm³/mol. The van der Waals surface area contributed by atoms with E-state index in [1.54, 1.807) is 21.8 Å². The molecular weight excluding hydrogens is 441 g/mol. The maximum Gasteiger partial charge on any atom is 0.263 e. The van der Waals surface area contributed by atoms with Crippen LogP contribution < -0.4 is 4.90 Å². The summed E-state index contributed by atoms with van der Waals surface area (Å²) in [6.45, 7) is 6.11. The largest absolute Gasteiger partial charge is 0.379 e. The molecule has 3 heterocycles. The summed E-state index contributed by atoms with van der Waals surface area (Å²) in [6, 6.07) is 14.2. The van der Waals surface area contributed by atoms with E-state index in [0.29, 0.717) is 47.2 Å². The molecule has 1 fully saturated rings. The first-order chi connectivity index (χ1) is 16.1. The molecule has 0 aliphatic carbocycles. The van der Waals surface area contributed by atoms with Gasteiger partial charge in [0.25, 0.3) is 5.91 Å². The monoisotopic (exact) mass is 465 g/mol. The number of fused-ring (bicyclic) bond motifs is 1. The van der Waals surface area contributed by atoms with Crippen molar-refractivity contribution < 1.29 is 13.9 Å². The van der Waals surface area contributed by atoms with Gasteiger partial charge in [-0.3, -0.25) is 14.6 Å². The molecule has 0 unspecified atom stereocenters. The molecule has 170 valence electrons. The Morgan fingerprint density at radius 3 is 2.76 bits per heavy atom. The average molecular weight is 466 g/mol. The van der Waals surface area contributed by atoms with Gasteiger partial charge in [-0.25, -0.2) is 14.1 Å². The van der Waals surface area contributed by atoms with Gasteiger partial charge in [0.1, 0.15) is 5.82 Å². The zero-order valence-electron chi connectivity index (χ0n) is 18.3. The summed E-state index contributed by atoms with van der Waals surface area (Å²) in [7, 11) is 0. The number of halogens is 1. The van der Waals surface area contributed by atoms with Crippen molar-refractivity contribution in [2.24, 2.45) is 0 Å². The van der Waals surface area contributed by atoms with E-state index in [2.05, 4.69) is 15.0 Å². The number of carbonyl (C=O) groups excluding carboxylic acids is 1. The standard InChI is InChI=1S/C24H24FN5O2S/c1-17-20(16-26-30(17)19-5-3-2-4-6-19)23(31)29(10-9-28-11-13-32-14-12-28)24-27-21-8-7-18(25)15-22(21)33-24/h2-8,15-16H,9-14H2,1H3. The van der Waals surface area contributed by atoms with Crippen LogP contribution in [0.25, 0.3) is 15.9 Å². The van der Waals surface area contributed by atoms with Crippen LogP contribution in [0.3, 0.4) is 0 Å². The maximum absolute atomic E-state index is 13.7. The summed E-state index contributed by atoms with van der Waals surface area (Å²) in [5.74, 6) is -0.480. The molecule has 0 bridgehead atoms. The molecule has 7 nitrogen and oxygen atoms in total.